The molecule has 0 unspecified atom stereocenters. The molecule has 0 bridgehead atoms. The van der Waals surface area contributed by atoms with Crippen LogP contribution in [0, 0.1) is 13.8 Å². The van der Waals surface area contributed by atoms with E-state index in [0.29, 0.717) is 0 Å². The van der Waals surface area contributed by atoms with Crippen LogP contribution in [0.2, 0.25) is 0 Å². The molecule has 0 saturated carbocycles. The molecule has 1 fully saturated rings. The lowest BCUT2D eigenvalue weighted by Gasteiger charge is -2.36. The van der Waals surface area contributed by atoms with Crippen molar-refractivity contribution in [2.45, 2.75) is 13.8 Å². The SMILES string of the molecule is Cc1cn2nc(N3CCN(c4nccn5nc(C)cc45)CC3)ccc2n1. The van der Waals surface area contributed by atoms with Crippen molar-refractivity contribution < 1.29 is 0 Å². The highest BCUT2D eigenvalue weighted by Crippen LogP contribution is 2.22. The Hall–Kier alpha value is -3.16. The Morgan fingerprint density at radius 2 is 1.69 bits per heavy atom. The molecule has 0 radical (unpaired) electrons. The van der Waals surface area contributed by atoms with Gasteiger partial charge in [0.2, 0.25) is 0 Å². The summed E-state index contributed by atoms with van der Waals surface area (Å²) in [5.74, 6) is 1.99. The zero-order valence-electron chi connectivity index (χ0n) is 14.9. The van der Waals surface area contributed by atoms with Crippen LogP contribution in [0.4, 0.5) is 11.6 Å². The van der Waals surface area contributed by atoms with Crippen LogP contribution >= 0.6 is 0 Å². The summed E-state index contributed by atoms with van der Waals surface area (Å²) in [6.45, 7) is 7.61. The van der Waals surface area contributed by atoms with E-state index in [9.17, 15) is 0 Å². The lowest BCUT2D eigenvalue weighted by atomic mass is 10.3. The summed E-state index contributed by atoms with van der Waals surface area (Å²) >= 11 is 0. The van der Waals surface area contributed by atoms with Crippen molar-refractivity contribution in [2.24, 2.45) is 0 Å². The normalized spacial score (nSPS) is 15.3. The number of piperazine rings is 1. The minimum absolute atomic E-state index is 0.886. The number of nitrogens with zero attached hydrogens (tertiary/aromatic N) is 8. The van der Waals surface area contributed by atoms with Crippen molar-refractivity contribution in [3.63, 3.8) is 0 Å². The molecule has 8 nitrogen and oxygen atoms in total. The van der Waals surface area contributed by atoms with E-state index in [1.165, 1.54) is 0 Å². The van der Waals surface area contributed by atoms with Crippen molar-refractivity contribution in [3.05, 3.63) is 48.2 Å². The van der Waals surface area contributed by atoms with Crippen molar-refractivity contribution >= 4 is 22.8 Å². The van der Waals surface area contributed by atoms with Crippen molar-refractivity contribution in [2.75, 3.05) is 36.0 Å². The summed E-state index contributed by atoms with van der Waals surface area (Å²) in [5.41, 5.74) is 3.93. The van der Waals surface area contributed by atoms with Crippen LogP contribution in [0.25, 0.3) is 11.2 Å². The highest BCUT2D eigenvalue weighted by Gasteiger charge is 2.21. The zero-order chi connectivity index (χ0) is 17.7. The number of hydrogen-bond acceptors (Lipinski definition) is 6. The predicted molar refractivity (Wildman–Crippen MR) is 99.9 cm³/mol. The maximum atomic E-state index is 4.70. The molecule has 0 aliphatic carbocycles. The second-order valence-corrected chi connectivity index (χ2v) is 6.72. The number of aromatic nitrogens is 6. The molecule has 0 spiro atoms. The fraction of sp³-hybridized carbons (Fsp3) is 0.333. The van der Waals surface area contributed by atoms with Gasteiger partial charge in [-0.25, -0.2) is 19.0 Å². The minimum Gasteiger partial charge on any atom is -0.352 e. The van der Waals surface area contributed by atoms with Crippen LogP contribution in [-0.4, -0.2) is 55.4 Å². The quantitative estimate of drug-likeness (QED) is 0.549. The topological polar surface area (TPSA) is 66.9 Å². The third-order valence-corrected chi connectivity index (χ3v) is 4.82. The number of fused-ring (bicyclic) bond motifs is 2. The van der Waals surface area contributed by atoms with Gasteiger partial charge in [0, 0.05) is 38.6 Å². The van der Waals surface area contributed by atoms with E-state index in [1.54, 1.807) is 0 Å². The molecular formula is C18H20N8. The van der Waals surface area contributed by atoms with Crippen LogP contribution in [0.1, 0.15) is 11.4 Å². The Bertz CT molecular complexity index is 1090. The number of rotatable bonds is 2. The van der Waals surface area contributed by atoms with E-state index in [1.807, 2.05) is 47.5 Å². The minimum atomic E-state index is 0.886. The molecule has 4 aromatic rings. The first-order chi connectivity index (χ1) is 12.7. The monoisotopic (exact) mass is 348 g/mol. The Labute approximate surface area is 150 Å². The van der Waals surface area contributed by atoms with E-state index < -0.39 is 0 Å². The lowest BCUT2D eigenvalue weighted by molar-refractivity contribution is 0.636. The molecule has 1 saturated heterocycles. The van der Waals surface area contributed by atoms with Crippen molar-refractivity contribution in [1.29, 1.82) is 0 Å². The number of aryl methyl sites for hydroxylation is 2. The van der Waals surface area contributed by atoms with Gasteiger partial charge in [-0.15, -0.1) is 5.10 Å². The van der Waals surface area contributed by atoms with Crippen LogP contribution in [0.5, 0.6) is 0 Å². The molecule has 5 rings (SSSR count). The molecule has 0 aromatic carbocycles. The highest BCUT2D eigenvalue weighted by atomic mass is 15.4. The largest absolute Gasteiger partial charge is 0.352 e. The van der Waals surface area contributed by atoms with E-state index in [-0.39, 0.29) is 0 Å². The first kappa shape index (κ1) is 15.1. The number of anilines is 2. The molecule has 0 atom stereocenters. The van der Waals surface area contributed by atoms with Gasteiger partial charge in [-0.05, 0) is 32.0 Å². The standard InChI is InChI=1S/C18H20N8/c1-13-11-15-18(19-5-6-25(15)21-13)24-9-7-23(8-10-24)17-4-3-16-20-14(2)12-26(16)22-17/h3-6,11-12H,7-10H2,1-2H3. The Balaban J connectivity index is 1.38. The van der Waals surface area contributed by atoms with Gasteiger partial charge in [0.05, 0.1) is 17.6 Å². The second kappa shape index (κ2) is 5.69. The summed E-state index contributed by atoms with van der Waals surface area (Å²) in [6.07, 6.45) is 5.67. The van der Waals surface area contributed by atoms with Gasteiger partial charge in [-0.3, -0.25) is 0 Å². The average molecular weight is 348 g/mol. The first-order valence-electron chi connectivity index (χ1n) is 8.81. The molecule has 5 heterocycles. The van der Waals surface area contributed by atoms with Crippen molar-refractivity contribution in [1.82, 2.24) is 29.2 Å². The van der Waals surface area contributed by atoms with Crippen LogP contribution in [0.3, 0.4) is 0 Å². The Morgan fingerprint density at radius 3 is 2.54 bits per heavy atom. The van der Waals surface area contributed by atoms with E-state index in [0.717, 1.165) is 60.4 Å². The lowest BCUT2D eigenvalue weighted by Crippen LogP contribution is -2.47. The summed E-state index contributed by atoms with van der Waals surface area (Å²) in [5, 5.41) is 9.19. The fourth-order valence-corrected chi connectivity index (χ4v) is 3.58. The molecule has 132 valence electrons. The fourth-order valence-electron chi connectivity index (χ4n) is 3.58. The molecule has 4 aromatic heterocycles. The van der Waals surface area contributed by atoms with E-state index >= 15 is 0 Å². The second-order valence-electron chi connectivity index (χ2n) is 6.72. The van der Waals surface area contributed by atoms with Gasteiger partial charge >= 0.3 is 0 Å². The first-order valence-corrected chi connectivity index (χ1v) is 8.81. The molecular weight excluding hydrogens is 328 g/mol. The van der Waals surface area contributed by atoms with E-state index in [2.05, 4.69) is 37.0 Å². The summed E-state index contributed by atoms with van der Waals surface area (Å²) in [6, 6.07) is 6.17. The van der Waals surface area contributed by atoms with Crippen LogP contribution < -0.4 is 9.80 Å². The summed E-state index contributed by atoms with van der Waals surface area (Å²) in [7, 11) is 0. The molecule has 1 aliphatic rings. The van der Waals surface area contributed by atoms with Crippen molar-refractivity contribution in [3.8, 4) is 0 Å². The number of imidazole rings is 1. The highest BCUT2D eigenvalue weighted by molar-refractivity contribution is 5.69. The van der Waals surface area contributed by atoms with Gasteiger partial charge in [-0.2, -0.15) is 5.10 Å². The summed E-state index contributed by atoms with van der Waals surface area (Å²) in [4.78, 5) is 13.7. The third-order valence-electron chi connectivity index (χ3n) is 4.82. The molecule has 8 heteroatoms. The van der Waals surface area contributed by atoms with Crippen LogP contribution in [0.15, 0.2) is 36.8 Å². The average Bonchev–Trinajstić information content (AvgIpc) is 3.21. The Morgan fingerprint density at radius 1 is 0.885 bits per heavy atom. The molecule has 0 N–H and O–H groups in total. The molecule has 0 amide bonds. The van der Waals surface area contributed by atoms with Gasteiger partial charge in [-0.1, -0.05) is 0 Å². The number of hydrogen-bond donors (Lipinski definition) is 0. The summed E-state index contributed by atoms with van der Waals surface area (Å²) < 4.78 is 3.76. The van der Waals surface area contributed by atoms with Gasteiger partial charge < -0.3 is 9.80 Å². The maximum absolute atomic E-state index is 4.70. The smallest absolute Gasteiger partial charge is 0.154 e. The van der Waals surface area contributed by atoms with Crippen LogP contribution in [-0.2, 0) is 0 Å². The van der Waals surface area contributed by atoms with E-state index in [4.69, 9.17) is 5.10 Å². The van der Waals surface area contributed by atoms with Gasteiger partial charge in [0.1, 0.15) is 11.3 Å². The molecule has 1 aliphatic heterocycles. The predicted octanol–water partition coefficient (Wildman–Crippen LogP) is 1.72. The zero-order valence-corrected chi connectivity index (χ0v) is 14.9. The molecule has 26 heavy (non-hydrogen) atoms. The Kier molecular flexibility index (Phi) is 3.31. The third kappa shape index (κ3) is 2.45. The maximum Gasteiger partial charge on any atom is 0.154 e. The van der Waals surface area contributed by atoms with Gasteiger partial charge in [0.25, 0.3) is 0 Å². The van der Waals surface area contributed by atoms with Gasteiger partial charge in [0.15, 0.2) is 11.5 Å².